The fraction of sp³-hybridized carbons (Fsp3) is 0.875. The first kappa shape index (κ1) is 18.9. The maximum atomic E-state index is 12.0. The highest BCUT2D eigenvalue weighted by Crippen LogP contribution is 2.12. The number of likely N-dealkylation sites (N-methyl/N-ethyl adjacent to an activating group) is 1. The molecule has 0 saturated heterocycles. The lowest BCUT2D eigenvalue weighted by atomic mass is 10.1. The second kappa shape index (κ2) is 11.7. The van der Waals surface area contributed by atoms with E-state index in [-0.39, 0.29) is 5.91 Å². The number of rotatable bonds is 12. The Morgan fingerprint density at radius 1 is 0.950 bits per heavy atom. The molecule has 1 unspecified atom stereocenters. The lowest BCUT2D eigenvalue weighted by Gasteiger charge is -2.24. The predicted octanol–water partition coefficient (Wildman–Crippen LogP) is 3.84. The van der Waals surface area contributed by atoms with Gasteiger partial charge in [-0.3, -0.25) is 4.79 Å². The molecule has 0 heterocycles. The summed E-state index contributed by atoms with van der Waals surface area (Å²) in [6.45, 7) is 4.13. The van der Waals surface area contributed by atoms with E-state index in [0.717, 1.165) is 19.3 Å². The molecule has 0 aromatic carbocycles. The summed E-state index contributed by atoms with van der Waals surface area (Å²) in [5.74, 6) is -0.943. The van der Waals surface area contributed by atoms with Crippen molar-refractivity contribution in [2.24, 2.45) is 0 Å². The molecule has 0 aromatic rings. The Hall–Kier alpha value is -1.06. The number of carboxylic acid groups (broad SMARTS) is 1. The second-order valence-electron chi connectivity index (χ2n) is 5.52. The third kappa shape index (κ3) is 8.18. The van der Waals surface area contributed by atoms with Crippen molar-refractivity contribution in [3.8, 4) is 0 Å². The van der Waals surface area contributed by atoms with E-state index in [2.05, 4.69) is 6.92 Å². The molecular formula is C16H31NO3. The Bertz CT molecular complexity index is 279. The molecule has 0 aliphatic rings. The Morgan fingerprint density at radius 2 is 1.50 bits per heavy atom. The van der Waals surface area contributed by atoms with Crippen LogP contribution in [0.15, 0.2) is 0 Å². The number of carbonyl (C=O) groups is 2. The predicted molar refractivity (Wildman–Crippen MR) is 81.7 cm³/mol. The molecule has 0 fully saturated rings. The summed E-state index contributed by atoms with van der Waals surface area (Å²) < 4.78 is 0. The number of nitrogens with zero attached hydrogens (tertiary/aromatic N) is 1. The van der Waals surface area contributed by atoms with E-state index in [4.69, 9.17) is 5.11 Å². The van der Waals surface area contributed by atoms with Crippen LogP contribution in [0.5, 0.6) is 0 Å². The summed E-state index contributed by atoms with van der Waals surface area (Å²) in [5.41, 5.74) is 0. The highest BCUT2D eigenvalue weighted by atomic mass is 16.4. The van der Waals surface area contributed by atoms with Crippen LogP contribution in [0.1, 0.15) is 78.1 Å². The summed E-state index contributed by atoms with van der Waals surface area (Å²) in [4.78, 5) is 24.5. The lowest BCUT2D eigenvalue weighted by molar-refractivity contribution is -0.149. The van der Waals surface area contributed by atoms with E-state index >= 15 is 0 Å². The van der Waals surface area contributed by atoms with Crippen molar-refractivity contribution in [3.05, 3.63) is 0 Å². The van der Waals surface area contributed by atoms with Gasteiger partial charge in [0.15, 0.2) is 0 Å². The zero-order chi connectivity index (χ0) is 15.4. The van der Waals surface area contributed by atoms with E-state index in [0.29, 0.717) is 12.8 Å². The number of unbranched alkanes of at least 4 members (excludes halogenated alkanes) is 6. The molecule has 0 radical (unpaired) electrons. The van der Waals surface area contributed by atoms with Crippen molar-refractivity contribution in [1.82, 2.24) is 4.90 Å². The molecule has 1 atom stereocenters. The van der Waals surface area contributed by atoms with Gasteiger partial charge in [0.1, 0.15) is 6.04 Å². The minimum absolute atomic E-state index is 0.0422. The van der Waals surface area contributed by atoms with Gasteiger partial charge >= 0.3 is 5.97 Å². The van der Waals surface area contributed by atoms with E-state index in [9.17, 15) is 9.59 Å². The lowest BCUT2D eigenvalue weighted by Crippen LogP contribution is -2.42. The first-order valence-electron chi connectivity index (χ1n) is 8.03. The van der Waals surface area contributed by atoms with Crippen molar-refractivity contribution in [2.75, 3.05) is 7.05 Å². The largest absolute Gasteiger partial charge is 0.480 e. The van der Waals surface area contributed by atoms with Crippen LogP contribution in [0.25, 0.3) is 0 Å². The summed E-state index contributed by atoms with van der Waals surface area (Å²) in [7, 11) is 1.61. The van der Waals surface area contributed by atoms with E-state index in [1.54, 1.807) is 7.05 Å². The number of amides is 1. The Balaban J connectivity index is 3.86. The molecule has 0 spiro atoms. The Morgan fingerprint density at radius 3 is 2.00 bits per heavy atom. The van der Waals surface area contributed by atoms with Gasteiger partial charge in [0.2, 0.25) is 5.91 Å². The third-order valence-corrected chi connectivity index (χ3v) is 3.70. The molecule has 4 heteroatoms. The standard InChI is InChI=1S/C16H31NO3/c1-4-6-7-8-9-10-11-13-15(18)17(3)14(12-5-2)16(19)20/h14H,4-13H2,1-3H3,(H,19,20). The average molecular weight is 285 g/mol. The maximum absolute atomic E-state index is 12.0. The van der Waals surface area contributed by atoms with Crippen LogP contribution in [0.2, 0.25) is 0 Å². The van der Waals surface area contributed by atoms with Crippen LogP contribution in [0.3, 0.4) is 0 Å². The molecule has 0 bridgehead atoms. The van der Waals surface area contributed by atoms with Gasteiger partial charge in [0.25, 0.3) is 0 Å². The van der Waals surface area contributed by atoms with E-state index < -0.39 is 12.0 Å². The summed E-state index contributed by atoms with van der Waals surface area (Å²) >= 11 is 0. The maximum Gasteiger partial charge on any atom is 0.326 e. The number of carboxylic acids is 1. The van der Waals surface area contributed by atoms with Gasteiger partial charge in [-0.1, -0.05) is 58.8 Å². The fourth-order valence-electron chi connectivity index (χ4n) is 2.34. The van der Waals surface area contributed by atoms with Crippen molar-refractivity contribution in [2.45, 2.75) is 84.1 Å². The highest BCUT2D eigenvalue weighted by molar-refractivity contribution is 5.83. The number of carbonyl (C=O) groups excluding carboxylic acids is 1. The molecular weight excluding hydrogens is 254 g/mol. The topological polar surface area (TPSA) is 57.6 Å². The molecule has 0 rings (SSSR count). The van der Waals surface area contributed by atoms with Gasteiger partial charge < -0.3 is 10.0 Å². The molecule has 4 nitrogen and oxygen atoms in total. The zero-order valence-electron chi connectivity index (χ0n) is 13.4. The highest BCUT2D eigenvalue weighted by Gasteiger charge is 2.24. The Labute approximate surface area is 123 Å². The average Bonchev–Trinajstić information content (AvgIpc) is 2.42. The number of aliphatic carboxylic acids is 1. The van der Waals surface area contributed by atoms with Crippen LogP contribution in [-0.4, -0.2) is 35.0 Å². The molecule has 0 saturated carbocycles. The van der Waals surface area contributed by atoms with Crippen LogP contribution in [0.4, 0.5) is 0 Å². The molecule has 118 valence electrons. The fourth-order valence-corrected chi connectivity index (χ4v) is 2.34. The monoisotopic (exact) mass is 285 g/mol. The van der Waals surface area contributed by atoms with Gasteiger partial charge in [-0.25, -0.2) is 4.79 Å². The van der Waals surface area contributed by atoms with Crippen molar-refractivity contribution < 1.29 is 14.7 Å². The van der Waals surface area contributed by atoms with E-state index in [1.807, 2.05) is 6.92 Å². The zero-order valence-corrected chi connectivity index (χ0v) is 13.4. The first-order valence-corrected chi connectivity index (χ1v) is 8.03. The third-order valence-electron chi connectivity index (χ3n) is 3.70. The quantitative estimate of drug-likeness (QED) is 0.554. The molecule has 0 aliphatic heterocycles. The van der Waals surface area contributed by atoms with Crippen LogP contribution in [-0.2, 0) is 9.59 Å². The summed E-state index contributed by atoms with van der Waals surface area (Å²) in [6, 6.07) is -0.669. The summed E-state index contributed by atoms with van der Waals surface area (Å²) in [5, 5.41) is 9.12. The van der Waals surface area contributed by atoms with Crippen molar-refractivity contribution >= 4 is 11.9 Å². The summed E-state index contributed by atoms with van der Waals surface area (Å²) in [6.07, 6.45) is 9.93. The second-order valence-corrected chi connectivity index (χ2v) is 5.52. The normalized spacial score (nSPS) is 12.2. The Kier molecular flexibility index (Phi) is 11.1. The molecule has 1 N–H and O–H groups in total. The van der Waals surface area contributed by atoms with Crippen molar-refractivity contribution in [3.63, 3.8) is 0 Å². The molecule has 0 aromatic heterocycles. The first-order chi connectivity index (χ1) is 9.54. The van der Waals surface area contributed by atoms with Gasteiger partial charge in [-0.15, -0.1) is 0 Å². The molecule has 0 aliphatic carbocycles. The number of hydrogen-bond acceptors (Lipinski definition) is 2. The molecule has 20 heavy (non-hydrogen) atoms. The molecule has 1 amide bonds. The van der Waals surface area contributed by atoms with Gasteiger partial charge in [0, 0.05) is 13.5 Å². The van der Waals surface area contributed by atoms with E-state index in [1.165, 1.54) is 37.0 Å². The smallest absolute Gasteiger partial charge is 0.326 e. The minimum Gasteiger partial charge on any atom is -0.480 e. The van der Waals surface area contributed by atoms with Crippen LogP contribution in [0, 0.1) is 0 Å². The number of hydrogen-bond donors (Lipinski definition) is 1. The SMILES string of the molecule is CCCCCCCCCC(=O)N(C)C(CCC)C(=O)O. The van der Waals surface area contributed by atoms with Gasteiger partial charge in [-0.2, -0.15) is 0 Å². The van der Waals surface area contributed by atoms with Crippen LogP contribution < -0.4 is 0 Å². The van der Waals surface area contributed by atoms with Gasteiger partial charge in [0.05, 0.1) is 0 Å². The minimum atomic E-state index is -0.901. The van der Waals surface area contributed by atoms with Crippen LogP contribution >= 0.6 is 0 Å². The van der Waals surface area contributed by atoms with Gasteiger partial charge in [-0.05, 0) is 12.8 Å². The van der Waals surface area contributed by atoms with Crippen molar-refractivity contribution in [1.29, 1.82) is 0 Å².